The Morgan fingerprint density at radius 3 is 2.48 bits per heavy atom. The maximum Gasteiger partial charge on any atom is 0.222 e. The quantitative estimate of drug-likeness (QED) is 0.801. The van der Waals surface area contributed by atoms with E-state index in [1.54, 1.807) is 7.11 Å². The molecule has 0 radical (unpaired) electrons. The molecule has 1 aromatic carbocycles. The molecule has 3 unspecified atom stereocenters. The fourth-order valence-corrected chi connectivity index (χ4v) is 3.75. The summed E-state index contributed by atoms with van der Waals surface area (Å²) in [5.41, 5.74) is 7.20. The lowest BCUT2D eigenvalue weighted by atomic mass is 9.58. The van der Waals surface area contributed by atoms with Crippen molar-refractivity contribution >= 4 is 18.3 Å². The van der Waals surface area contributed by atoms with Crippen molar-refractivity contribution in [3.05, 3.63) is 35.9 Å². The van der Waals surface area contributed by atoms with Crippen LogP contribution in [0.1, 0.15) is 51.1 Å². The summed E-state index contributed by atoms with van der Waals surface area (Å²) >= 11 is 0. The third kappa shape index (κ3) is 4.06. The van der Waals surface area contributed by atoms with Gasteiger partial charge in [0.2, 0.25) is 5.91 Å². The minimum absolute atomic E-state index is 0. The van der Waals surface area contributed by atoms with Crippen LogP contribution in [0.4, 0.5) is 0 Å². The zero-order chi connectivity index (χ0) is 16.2. The highest BCUT2D eigenvalue weighted by Gasteiger charge is 2.53. The van der Waals surface area contributed by atoms with Crippen LogP contribution in [0.3, 0.4) is 0 Å². The van der Waals surface area contributed by atoms with Gasteiger partial charge in [-0.2, -0.15) is 0 Å². The van der Waals surface area contributed by atoms with Gasteiger partial charge in [0.1, 0.15) is 0 Å². The van der Waals surface area contributed by atoms with Crippen LogP contribution in [-0.4, -0.2) is 25.2 Å². The van der Waals surface area contributed by atoms with Gasteiger partial charge in [-0.3, -0.25) is 4.79 Å². The number of methoxy groups -OCH3 is 1. The van der Waals surface area contributed by atoms with Gasteiger partial charge in [-0.05, 0) is 24.8 Å². The van der Waals surface area contributed by atoms with Crippen molar-refractivity contribution in [1.82, 2.24) is 5.32 Å². The van der Waals surface area contributed by atoms with E-state index in [1.165, 1.54) is 0 Å². The smallest absolute Gasteiger partial charge is 0.222 e. The highest BCUT2D eigenvalue weighted by atomic mass is 35.5. The van der Waals surface area contributed by atoms with Crippen molar-refractivity contribution in [2.45, 2.75) is 57.7 Å². The van der Waals surface area contributed by atoms with Crippen molar-refractivity contribution in [2.75, 3.05) is 7.11 Å². The number of benzene rings is 1. The zero-order valence-electron chi connectivity index (χ0n) is 14.2. The Morgan fingerprint density at radius 2 is 1.96 bits per heavy atom. The Kier molecular flexibility index (Phi) is 7.52. The molecule has 1 aromatic rings. The van der Waals surface area contributed by atoms with Crippen molar-refractivity contribution in [3.63, 3.8) is 0 Å². The molecule has 3 N–H and O–H groups in total. The second kappa shape index (κ2) is 8.67. The lowest BCUT2D eigenvalue weighted by Crippen LogP contribution is -2.64. The topological polar surface area (TPSA) is 64.4 Å². The first-order valence-electron chi connectivity index (χ1n) is 8.20. The van der Waals surface area contributed by atoms with Gasteiger partial charge in [0.25, 0.3) is 0 Å². The van der Waals surface area contributed by atoms with Crippen LogP contribution in [0, 0.1) is 5.41 Å². The number of carbonyl (C=O) groups is 1. The van der Waals surface area contributed by atoms with Gasteiger partial charge in [-0.25, -0.2) is 0 Å². The number of ether oxygens (including phenoxy) is 1. The molecule has 23 heavy (non-hydrogen) atoms. The SMILES string of the molecule is CCC1(CC)C(NC(=O)CC(N)c2ccccc2)CC1OC.Cl. The minimum atomic E-state index is -0.253. The number of halogens is 1. The average Bonchev–Trinajstić information content (AvgIpc) is 2.53. The molecular weight excluding hydrogens is 312 g/mol. The summed E-state index contributed by atoms with van der Waals surface area (Å²) in [6, 6.07) is 9.71. The van der Waals surface area contributed by atoms with Crippen LogP contribution in [0.15, 0.2) is 30.3 Å². The van der Waals surface area contributed by atoms with Gasteiger partial charge in [-0.1, -0.05) is 44.2 Å². The monoisotopic (exact) mass is 340 g/mol. The molecule has 0 saturated heterocycles. The van der Waals surface area contributed by atoms with Crippen LogP contribution in [0.2, 0.25) is 0 Å². The molecule has 1 fully saturated rings. The van der Waals surface area contributed by atoms with Crippen molar-refractivity contribution in [2.24, 2.45) is 11.1 Å². The molecule has 1 aliphatic rings. The van der Waals surface area contributed by atoms with Gasteiger partial charge in [0.05, 0.1) is 6.10 Å². The number of nitrogens with one attached hydrogen (secondary N) is 1. The van der Waals surface area contributed by atoms with Crippen molar-refractivity contribution < 1.29 is 9.53 Å². The Morgan fingerprint density at radius 1 is 1.35 bits per heavy atom. The zero-order valence-corrected chi connectivity index (χ0v) is 15.1. The van der Waals surface area contributed by atoms with E-state index in [2.05, 4.69) is 19.2 Å². The Labute approximate surface area is 145 Å². The molecule has 0 aromatic heterocycles. The third-order valence-electron chi connectivity index (χ3n) is 5.35. The molecule has 1 aliphatic carbocycles. The van der Waals surface area contributed by atoms with Gasteiger partial charge in [-0.15, -0.1) is 12.4 Å². The molecule has 0 bridgehead atoms. The second-order valence-corrected chi connectivity index (χ2v) is 6.24. The Bertz CT molecular complexity index is 491. The highest BCUT2D eigenvalue weighted by molar-refractivity contribution is 5.85. The first kappa shape index (κ1) is 19.9. The molecule has 1 saturated carbocycles. The van der Waals surface area contributed by atoms with Crippen molar-refractivity contribution in [1.29, 1.82) is 0 Å². The van der Waals surface area contributed by atoms with E-state index in [4.69, 9.17) is 10.5 Å². The predicted molar refractivity (Wildman–Crippen MR) is 95.6 cm³/mol. The predicted octanol–water partition coefficient (Wildman–Crippen LogP) is 3.21. The van der Waals surface area contributed by atoms with Gasteiger partial charge in [0, 0.05) is 31.0 Å². The molecule has 4 nitrogen and oxygen atoms in total. The van der Waals surface area contributed by atoms with Crippen LogP contribution in [0.5, 0.6) is 0 Å². The van der Waals surface area contributed by atoms with Crippen LogP contribution >= 0.6 is 12.4 Å². The molecule has 2 rings (SSSR count). The number of hydrogen-bond donors (Lipinski definition) is 2. The van der Waals surface area contributed by atoms with E-state index in [1.807, 2.05) is 30.3 Å². The van der Waals surface area contributed by atoms with E-state index in [-0.39, 0.29) is 41.9 Å². The fourth-order valence-electron chi connectivity index (χ4n) is 3.75. The molecule has 0 heterocycles. The Hall–Kier alpha value is -1.10. The summed E-state index contributed by atoms with van der Waals surface area (Å²) in [4.78, 5) is 12.3. The largest absolute Gasteiger partial charge is 0.381 e. The summed E-state index contributed by atoms with van der Waals surface area (Å²) in [6.45, 7) is 4.34. The second-order valence-electron chi connectivity index (χ2n) is 6.24. The number of hydrogen-bond acceptors (Lipinski definition) is 3. The van der Waals surface area contributed by atoms with Gasteiger partial charge >= 0.3 is 0 Å². The first-order chi connectivity index (χ1) is 10.6. The third-order valence-corrected chi connectivity index (χ3v) is 5.35. The molecule has 5 heteroatoms. The van der Waals surface area contributed by atoms with Gasteiger partial charge < -0.3 is 15.8 Å². The summed E-state index contributed by atoms with van der Waals surface area (Å²) in [5, 5.41) is 3.18. The fraction of sp³-hybridized carbons (Fsp3) is 0.611. The summed E-state index contributed by atoms with van der Waals surface area (Å²) in [7, 11) is 1.76. The number of amides is 1. The number of nitrogens with two attached hydrogens (primary N) is 1. The highest BCUT2D eigenvalue weighted by Crippen LogP contribution is 2.48. The summed E-state index contributed by atoms with van der Waals surface area (Å²) < 4.78 is 5.57. The standard InChI is InChI=1S/C18H28N2O2.ClH/c1-4-18(5-2)15(12-16(18)22-3)20-17(21)11-14(19)13-9-7-6-8-10-13;/h6-10,14-16H,4-5,11-12,19H2,1-3H3,(H,20,21);1H. The molecule has 3 atom stereocenters. The van der Waals surface area contributed by atoms with E-state index in [0.29, 0.717) is 6.42 Å². The lowest BCUT2D eigenvalue weighted by molar-refractivity contribution is -0.141. The van der Waals surface area contributed by atoms with E-state index in [9.17, 15) is 4.79 Å². The number of rotatable bonds is 7. The number of carbonyl (C=O) groups excluding carboxylic acids is 1. The van der Waals surface area contributed by atoms with E-state index in [0.717, 1.165) is 24.8 Å². The molecule has 0 aliphatic heterocycles. The first-order valence-corrected chi connectivity index (χ1v) is 8.20. The van der Waals surface area contributed by atoms with E-state index < -0.39 is 0 Å². The van der Waals surface area contributed by atoms with E-state index >= 15 is 0 Å². The van der Waals surface area contributed by atoms with Gasteiger partial charge in [0.15, 0.2) is 0 Å². The van der Waals surface area contributed by atoms with Crippen LogP contribution < -0.4 is 11.1 Å². The lowest BCUT2D eigenvalue weighted by Gasteiger charge is -2.55. The maximum absolute atomic E-state index is 12.3. The average molecular weight is 341 g/mol. The van der Waals surface area contributed by atoms with Crippen LogP contribution in [0.25, 0.3) is 0 Å². The summed E-state index contributed by atoms with van der Waals surface area (Å²) in [6.07, 6.45) is 3.48. The van der Waals surface area contributed by atoms with Crippen molar-refractivity contribution in [3.8, 4) is 0 Å². The van der Waals surface area contributed by atoms with Crippen LogP contribution in [-0.2, 0) is 9.53 Å². The molecule has 1 amide bonds. The normalized spacial score (nSPS) is 23.3. The molecule has 0 spiro atoms. The summed E-state index contributed by atoms with van der Waals surface area (Å²) in [5.74, 6) is 0.0298. The molecular formula is C18H29ClN2O2. The minimum Gasteiger partial charge on any atom is -0.381 e. The Balaban J connectivity index is 0.00000264. The molecule has 130 valence electrons. The maximum atomic E-state index is 12.3.